The summed E-state index contributed by atoms with van der Waals surface area (Å²) in [5.74, 6) is 1.43. The molecule has 142 valence electrons. The molecule has 0 spiro atoms. The van der Waals surface area contributed by atoms with Gasteiger partial charge in [-0.2, -0.15) is 4.98 Å². The molecule has 0 amide bonds. The summed E-state index contributed by atoms with van der Waals surface area (Å²) in [4.78, 5) is 18.0. The number of aromatic nitrogens is 5. The summed E-state index contributed by atoms with van der Waals surface area (Å²) in [6.07, 6.45) is 5.31. The van der Waals surface area contributed by atoms with Crippen molar-refractivity contribution in [2.45, 2.75) is 26.9 Å². The van der Waals surface area contributed by atoms with E-state index >= 15 is 0 Å². The van der Waals surface area contributed by atoms with Crippen LogP contribution in [0.2, 0.25) is 0 Å². The summed E-state index contributed by atoms with van der Waals surface area (Å²) in [5.41, 5.74) is 4.79. The largest absolute Gasteiger partial charge is 0.324 e. The predicted molar refractivity (Wildman–Crippen MR) is 111 cm³/mol. The first-order chi connectivity index (χ1) is 13.8. The van der Waals surface area contributed by atoms with Crippen LogP contribution in [0.15, 0.2) is 55.0 Å². The van der Waals surface area contributed by atoms with E-state index < -0.39 is 0 Å². The molecule has 0 aliphatic heterocycles. The molecule has 0 aliphatic rings. The molecule has 0 atom stereocenters. The maximum absolute atomic E-state index is 4.73. The van der Waals surface area contributed by atoms with Crippen LogP contribution in [0, 0.1) is 0 Å². The molecule has 0 aliphatic carbocycles. The Balaban J connectivity index is 1.66. The zero-order valence-corrected chi connectivity index (χ0v) is 16.1. The number of fused-ring (bicyclic) bond motifs is 1. The lowest BCUT2D eigenvalue weighted by molar-refractivity contribution is 0.727. The highest BCUT2D eigenvalue weighted by Crippen LogP contribution is 2.24. The smallest absolute Gasteiger partial charge is 0.229 e. The number of nitrogens with one attached hydrogen (secondary N) is 2. The zero-order chi connectivity index (χ0) is 19.3. The number of aryl methyl sites for hydroxylation is 1. The highest BCUT2D eigenvalue weighted by atomic mass is 15.2. The van der Waals surface area contributed by atoms with Gasteiger partial charge in [-0.1, -0.05) is 19.1 Å². The van der Waals surface area contributed by atoms with Crippen molar-refractivity contribution < 1.29 is 0 Å². The van der Waals surface area contributed by atoms with Gasteiger partial charge in [0.2, 0.25) is 5.95 Å². The lowest BCUT2D eigenvalue weighted by atomic mass is 10.2. The number of hydrogen-bond donors (Lipinski definition) is 2. The average molecular weight is 373 g/mol. The number of nitrogens with zero attached hydrogens (tertiary/aromatic N) is 5. The second-order valence-electron chi connectivity index (χ2n) is 6.42. The van der Waals surface area contributed by atoms with Gasteiger partial charge in [-0.25, -0.2) is 9.97 Å². The fourth-order valence-corrected chi connectivity index (χ4v) is 3.16. The van der Waals surface area contributed by atoms with Gasteiger partial charge in [0.25, 0.3) is 0 Å². The van der Waals surface area contributed by atoms with Crippen molar-refractivity contribution in [2.24, 2.45) is 0 Å². The minimum Gasteiger partial charge on any atom is -0.324 e. The van der Waals surface area contributed by atoms with Gasteiger partial charge in [0, 0.05) is 36.7 Å². The highest BCUT2D eigenvalue weighted by Gasteiger charge is 2.14. The minimum absolute atomic E-state index is 0.559. The Labute approximate surface area is 163 Å². The van der Waals surface area contributed by atoms with Crippen LogP contribution in [-0.4, -0.2) is 31.0 Å². The standard InChI is InChI=1S/C21H23N7/c1-3-22-13-15-6-5-7-17(12-15)25-21-24-14-18-20(27-21)28(4-2)19(26-18)16-8-10-23-11-9-16/h5-12,14,22H,3-4,13H2,1-2H3,(H,24,25,27). The number of rotatable bonds is 7. The van der Waals surface area contributed by atoms with E-state index in [9.17, 15) is 0 Å². The maximum atomic E-state index is 4.73. The third-order valence-corrected chi connectivity index (χ3v) is 4.50. The predicted octanol–water partition coefficient (Wildman–Crippen LogP) is 3.76. The monoisotopic (exact) mass is 373 g/mol. The van der Waals surface area contributed by atoms with Crippen LogP contribution in [0.25, 0.3) is 22.6 Å². The first kappa shape index (κ1) is 18.1. The third kappa shape index (κ3) is 3.70. The van der Waals surface area contributed by atoms with Crippen molar-refractivity contribution in [3.63, 3.8) is 0 Å². The number of imidazole rings is 1. The molecule has 0 bridgehead atoms. The molecule has 0 radical (unpaired) electrons. The summed E-state index contributed by atoms with van der Waals surface area (Å²) in [6.45, 7) is 6.73. The third-order valence-electron chi connectivity index (χ3n) is 4.50. The molecule has 28 heavy (non-hydrogen) atoms. The Bertz CT molecular complexity index is 1070. The van der Waals surface area contributed by atoms with Crippen LogP contribution < -0.4 is 10.6 Å². The van der Waals surface area contributed by atoms with E-state index in [-0.39, 0.29) is 0 Å². The fourth-order valence-electron chi connectivity index (χ4n) is 3.16. The van der Waals surface area contributed by atoms with E-state index in [0.717, 1.165) is 47.9 Å². The number of pyridine rings is 1. The van der Waals surface area contributed by atoms with Gasteiger partial charge in [-0.3, -0.25) is 4.98 Å². The molecule has 0 unspecified atom stereocenters. The van der Waals surface area contributed by atoms with Gasteiger partial charge < -0.3 is 15.2 Å². The Morgan fingerprint density at radius 1 is 1.04 bits per heavy atom. The second-order valence-corrected chi connectivity index (χ2v) is 6.42. The van der Waals surface area contributed by atoms with E-state index in [1.807, 2.05) is 24.3 Å². The molecule has 0 fully saturated rings. The van der Waals surface area contributed by atoms with Gasteiger partial charge in [0.05, 0.1) is 6.20 Å². The Kier molecular flexibility index (Phi) is 5.25. The molecular formula is C21H23N7. The summed E-state index contributed by atoms with van der Waals surface area (Å²) < 4.78 is 2.10. The first-order valence-electron chi connectivity index (χ1n) is 9.49. The molecule has 0 saturated carbocycles. The van der Waals surface area contributed by atoms with Crippen LogP contribution in [0.1, 0.15) is 19.4 Å². The SMILES string of the molecule is CCNCc1cccc(Nc2ncc3nc(-c4ccncc4)n(CC)c3n2)c1. The van der Waals surface area contributed by atoms with Crippen LogP contribution >= 0.6 is 0 Å². The average Bonchev–Trinajstić information content (AvgIpc) is 3.11. The van der Waals surface area contributed by atoms with Gasteiger partial charge in [0.15, 0.2) is 5.65 Å². The molecule has 3 heterocycles. The summed E-state index contributed by atoms with van der Waals surface area (Å²) in [6, 6.07) is 12.2. The van der Waals surface area contributed by atoms with Crippen LogP contribution in [0.3, 0.4) is 0 Å². The van der Waals surface area contributed by atoms with E-state index in [1.165, 1.54) is 5.56 Å². The van der Waals surface area contributed by atoms with Gasteiger partial charge in [0.1, 0.15) is 11.3 Å². The van der Waals surface area contributed by atoms with Gasteiger partial charge in [-0.15, -0.1) is 0 Å². The van der Waals surface area contributed by atoms with E-state index in [2.05, 4.69) is 51.1 Å². The number of benzene rings is 1. The molecular weight excluding hydrogens is 350 g/mol. The van der Waals surface area contributed by atoms with Crippen molar-refractivity contribution in [3.8, 4) is 11.4 Å². The molecule has 2 N–H and O–H groups in total. The summed E-state index contributed by atoms with van der Waals surface area (Å²) >= 11 is 0. The maximum Gasteiger partial charge on any atom is 0.229 e. The van der Waals surface area contributed by atoms with Crippen molar-refractivity contribution in [2.75, 3.05) is 11.9 Å². The molecule has 7 nitrogen and oxygen atoms in total. The van der Waals surface area contributed by atoms with Crippen molar-refractivity contribution >= 4 is 22.8 Å². The topological polar surface area (TPSA) is 80.5 Å². The zero-order valence-electron chi connectivity index (χ0n) is 16.1. The number of hydrogen-bond acceptors (Lipinski definition) is 6. The first-order valence-corrected chi connectivity index (χ1v) is 9.49. The Morgan fingerprint density at radius 2 is 1.89 bits per heavy atom. The number of anilines is 2. The fraction of sp³-hybridized carbons (Fsp3) is 0.238. The van der Waals surface area contributed by atoms with Crippen molar-refractivity contribution in [3.05, 3.63) is 60.6 Å². The van der Waals surface area contributed by atoms with E-state index in [0.29, 0.717) is 5.95 Å². The lowest BCUT2D eigenvalue weighted by Gasteiger charge is -2.08. The van der Waals surface area contributed by atoms with E-state index in [1.54, 1.807) is 18.6 Å². The lowest BCUT2D eigenvalue weighted by Crippen LogP contribution is -2.11. The van der Waals surface area contributed by atoms with Crippen molar-refractivity contribution in [1.82, 2.24) is 29.8 Å². The Morgan fingerprint density at radius 3 is 2.68 bits per heavy atom. The highest BCUT2D eigenvalue weighted by molar-refractivity contribution is 5.77. The van der Waals surface area contributed by atoms with Gasteiger partial charge in [-0.05, 0) is 43.3 Å². The molecule has 0 saturated heterocycles. The molecule has 3 aromatic heterocycles. The van der Waals surface area contributed by atoms with Gasteiger partial charge >= 0.3 is 0 Å². The van der Waals surface area contributed by atoms with E-state index in [4.69, 9.17) is 9.97 Å². The second kappa shape index (κ2) is 8.14. The minimum atomic E-state index is 0.559. The van der Waals surface area contributed by atoms with Crippen LogP contribution in [0.5, 0.6) is 0 Å². The van der Waals surface area contributed by atoms with Crippen LogP contribution in [-0.2, 0) is 13.1 Å². The molecule has 4 aromatic rings. The quantitative estimate of drug-likeness (QED) is 0.513. The van der Waals surface area contributed by atoms with Crippen molar-refractivity contribution in [1.29, 1.82) is 0 Å². The Hall–Kier alpha value is -3.32. The molecule has 4 rings (SSSR count). The molecule has 7 heteroatoms. The normalized spacial score (nSPS) is 11.1. The molecule has 1 aromatic carbocycles. The summed E-state index contributed by atoms with van der Waals surface area (Å²) in [5, 5.41) is 6.65. The summed E-state index contributed by atoms with van der Waals surface area (Å²) in [7, 11) is 0. The van der Waals surface area contributed by atoms with Crippen LogP contribution in [0.4, 0.5) is 11.6 Å².